The number of hydrogen-bond donors (Lipinski definition) is 1. The summed E-state index contributed by atoms with van der Waals surface area (Å²) in [5.41, 5.74) is 1.75. The lowest BCUT2D eigenvalue weighted by Crippen LogP contribution is -2.39. The van der Waals surface area contributed by atoms with Crippen LogP contribution < -0.4 is 5.32 Å². The summed E-state index contributed by atoms with van der Waals surface area (Å²) in [6.45, 7) is 4.49. The van der Waals surface area contributed by atoms with Crippen LogP contribution in [-0.4, -0.2) is 50.3 Å². The maximum atomic E-state index is 13.1. The Morgan fingerprint density at radius 2 is 1.94 bits per heavy atom. The molecule has 2 amide bonds. The van der Waals surface area contributed by atoms with Crippen molar-refractivity contribution >= 4 is 29.3 Å². The van der Waals surface area contributed by atoms with Gasteiger partial charge >= 0.3 is 0 Å². The minimum absolute atomic E-state index is 0.0223. The topological polar surface area (TPSA) is 93.3 Å². The molecule has 1 aliphatic rings. The Hall–Kier alpha value is -3.07. The number of amides is 2. The van der Waals surface area contributed by atoms with E-state index < -0.39 is 0 Å². The van der Waals surface area contributed by atoms with Gasteiger partial charge in [-0.15, -0.1) is 10.2 Å². The zero-order chi connectivity index (χ0) is 24.6. The van der Waals surface area contributed by atoms with Gasteiger partial charge in [0.15, 0.2) is 10.9 Å². The van der Waals surface area contributed by atoms with Crippen LogP contribution in [-0.2, 0) is 9.59 Å². The average Bonchev–Trinajstić information content (AvgIpc) is 3.54. The third-order valence-electron chi connectivity index (χ3n) is 6.27. The van der Waals surface area contributed by atoms with E-state index in [4.69, 9.17) is 4.42 Å². The van der Waals surface area contributed by atoms with Crippen molar-refractivity contribution in [3.05, 3.63) is 48.2 Å². The number of carbonyl (C=O) groups excluding carboxylic acids is 2. The normalized spacial score (nSPS) is 14.1. The van der Waals surface area contributed by atoms with E-state index in [1.165, 1.54) is 31.0 Å². The second-order valence-electron chi connectivity index (χ2n) is 8.91. The predicted molar refractivity (Wildman–Crippen MR) is 137 cm³/mol. The van der Waals surface area contributed by atoms with E-state index in [0.29, 0.717) is 24.2 Å². The van der Waals surface area contributed by atoms with E-state index in [-0.39, 0.29) is 24.1 Å². The number of thioether (sulfide) groups is 1. The zero-order valence-corrected chi connectivity index (χ0v) is 21.2. The maximum absolute atomic E-state index is 13.1. The van der Waals surface area contributed by atoms with Gasteiger partial charge in [0.25, 0.3) is 0 Å². The van der Waals surface area contributed by atoms with Gasteiger partial charge in [0.1, 0.15) is 0 Å². The van der Waals surface area contributed by atoms with E-state index in [1.54, 1.807) is 11.2 Å². The van der Waals surface area contributed by atoms with E-state index in [0.717, 1.165) is 35.7 Å². The number of nitrogens with one attached hydrogen (secondary N) is 1. The first-order valence-electron chi connectivity index (χ1n) is 12.3. The Bertz CT molecular complexity index is 1120. The number of anilines is 1. The largest absolute Gasteiger partial charge is 0.461 e. The van der Waals surface area contributed by atoms with E-state index >= 15 is 0 Å². The Morgan fingerprint density at radius 3 is 2.66 bits per heavy atom. The third kappa shape index (κ3) is 6.33. The van der Waals surface area contributed by atoms with Crippen molar-refractivity contribution in [2.24, 2.45) is 0 Å². The molecule has 0 bridgehead atoms. The first kappa shape index (κ1) is 25.0. The molecule has 0 aliphatic heterocycles. The monoisotopic (exact) mass is 495 g/mol. The van der Waals surface area contributed by atoms with Crippen LogP contribution in [0.25, 0.3) is 11.6 Å². The fourth-order valence-corrected chi connectivity index (χ4v) is 5.38. The summed E-state index contributed by atoms with van der Waals surface area (Å²) in [6.07, 6.45) is 8.12. The number of carbonyl (C=O) groups is 2. The van der Waals surface area contributed by atoms with E-state index in [2.05, 4.69) is 20.1 Å². The fourth-order valence-electron chi connectivity index (χ4n) is 4.47. The highest BCUT2D eigenvalue weighted by Gasteiger charge is 2.26. The molecule has 4 rings (SSSR count). The van der Waals surface area contributed by atoms with Gasteiger partial charge in [-0.1, -0.05) is 56.1 Å². The van der Waals surface area contributed by atoms with Crippen molar-refractivity contribution in [2.45, 2.75) is 63.6 Å². The highest BCUT2D eigenvalue weighted by atomic mass is 32.2. The van der Waals surface area contributed by atoms with Gasteiger partial charge < -0.3 is 14.6 Å². The maximum Gasteiger partial charge on any atom is 0.244 e. The van der Waals surface area contributed by atoms with Crippen molar-refractivity contribution < 1.29 is 14.0 Å². The smallest absolute Gasteiger partial charge is 0.244 e. The number of hydrogen-bond acceptors (Lipinski definition) is 6. The van der Waals surface area contributed by atoms with Crippen molar-refractivity contribution in [1.82, 2.24) is 19.7 Å². The number of aryl methyl sites for hydroxylation is 1. The third-order valence-corrected chi connectivity index (χ3v) is 7.20. The number of nitrogens with zero attached hydrogens (tertiary/aromatic N) is 4. The van der Waals surface area contributed by atoms with Gasteiger partial charge in [-0.25, -0.2) is 0 Å². The summed E-state index contributed by atoms with van der Waals surface area (Å²) in [5, 5.41) is 12.5. The SMILES string of the molecule is CCCN(CC(=O)Nc1ccccc1C)C(=O)CSc1nnc(-c2ccco2)n1C1CCCCC1. The molecule has 0 unspecified atom stereocenters. The summed E-state index contributed by atoms with van der Waals surface area (Å²) in [4.78, 5) is 27.4. The number of rotatable bonds is 10. The quantitative estimate of drug-likeness (QED) is 0.383. The number of aromatic nitrogens is 3. The molecular formula is C26H33N5O3S. The molecule has 1 saturated carbocycles. The fraction of sp³-hybridized carbons (Fsp3) is 0.462. The van der Waals surface area contributed by atoms with Crippen molar-refractivity contribution in [2.75, 3.05) is 24.2 Å². The average molecular weight is 496 g/mol. The van der Waals surface area contributed by atoms with Crippen LogP contribution in [0.15, 0.2) is 52.2 Å². The first-order chi connectivity index (χ1) is 17.1. The minimum atomic E-state index is -0.198. The Kier molecular flexibility index (Phi) is 8.63. The lowest BCUT2D eigenvalue weighted by molar-refractivity contribution is -0.132. The van der Waals surface area contributed by atoms with Gasteiger partial charge in [0.05, 0.1) is 18.6 Å². The summed E-state index contributed by atoms with van der Waals surface area (Å²) in [6, 6.07) is 11.6. The predicted octanol–water partition coefficient (Wildman–Crippen LogP) is 5.32. The molecule has 1 N–H and O–H groups in total. The second-order valence-corrected chi connectivity index (χ2v) is 9.85. The molecule has 2 heterocycles. The van der Waals surface area contributed by atoms with Crippen molar-refractivity contribution in [1.29, 1.82) is 0 Å². The highest BCUT2D eigenvalue weighted by Crippen LogP contribution is 2.35. The summed E-state index contributed by atoms with van der Waals surface area (Å²) in [5.74, 6) is 1.30. The number of benzene rings is 1. The first-order valence-corrected chi connectivity index (χ1v) is 13.3. The number of furan rings is 1. The molecule has 0 saturated heterocycles. The van der Waals surface area contributed by atoms with E-state index in [9.17, 15) is 9.59 Å². The Balaban J connectivity index is 1.44. The summed E-state index contributed by atoms with van der Waals surface area (Å²) >= 11 is 1.38. The molecular weight excluding hydrogens is 462 g/mol. The lowest BCUT2D eigenvalue weighted by atomic mass is 9.95. The second kappa shape index (κ2) is 12.1. The standard InChI is InChI=1S/C26H33N5O3S/c1-3-15-30(17-23(32)27-21-13-8-7-10-19(21)2)24(33)18-35-26-29-28-25(22-14-9-16-34-22)31(26)20-11-5-4-6-12-20/h7-10,13-14,16,20H,3-6,11-12,15,17-18H2,1-2H3,(H,27,32). The van der Waals surface area contributed by atoms with Crippen LogP contribution in [0.2, 0.25) is 0 Å². The van der Waals surface area contributed by atoms with Gasteiger partial charge in [0.2, 0.25) is 17.6 Å². The molecule has 1 fully saturated rings. The van der Waals surface area contributed by atoms with Crippen LogP contribution in [0.3, 0.4) is 0 Å². The van der Waals surface area contributed by atoms with Gasteiger partial charge in [-0.3, -0.25) is 14.2 Å². The zero-order valence-electron chi connectivity index (χ0n) is 20.4. The summed E-state index contributed by atoms with van der Waals surface area (Å²) in [7, 11) is 0. The molecule has 0 atom stereocenters. The van der Waals surface area contributed by atoms with Crippen molar-refractivity contribution in [3.63, 3.8) is 0 Å². The Labute approximate surface area is 210 Å². The minimum Gasteiger partial charge on any atom is -0.461 e. The van der Waals surface area contributed by atoms with Crippen molar-refractivity contribution in [3.8, 4) is 11.6 Å². The van der Waals surface area contributed by atoms with Crippen LogP contribution in [0.5, 0.6) is 0 Å². The Morgan fingerprint density at radius 1 is 1.14 bits per heavy atom. The summed E-state index contributed by atoms with van der Waals surface area (Å²) < 4.78 is 7.75. The molecule has 1 aromatic carbocycles. The van der Waals surface area contributed by atoms with Gasteiger partial charge in [-0.2, -0.15) is 0 Å². The van der Waals surface area contributed by atoms with Crippen LogP contribution >= 0.6 is 11.8 Å². The molecule has 9 heteroatoms. The molecule has 0 spiro atoms. The van der Waals surface area contributed by atoms with Gasteiger partial charge in [-0.05, 0) is 49.9 Å². The molecule has 1 aliphatic carbocycles. The van der Waals surface area contributed by atoms with E-state index in [1.807, 2.05) is 50.2 Å². The van der Waals surface area contributed by atoms with Crippen LogP contribution in [0.1, 0.15) is 57.1 Å². The molecule has 186 valence electrons. The van der Waals surface area contributed by atoms with Gasteiger partial charge in [0, 0.05) is 18.3 Å². The molecule has 2 aromatic heterocycles. The van der Waals surface area contributed by atoms with Crippen LogP contribution in [0.4, 0.5) is 5.69 Å². The molecule has 3 aromatic rings. The highest BCUT2D eigenvalue weighted by molar-refractivity contribution is 7.99. The van der Waals surface area contributed by atoms with Crippen LogP contribution in [0, 0.1) is 6.92 Å². The molecule has 8 nitrogen and oxygen atoms in total. The molecule has 35 heavy (non-hydrogen) atoms. The molecule has 0 radical (unpaired) electrons. The lowest BCUT2D eigenvalue weighted by Gasteiger charge is -2.25. The number of para-hydroxylation sites is 1.